The third-order valence-electron chi connectivity index (χ3n) is 4.95. The van der Waals surface area contributed by atoms with Crippen LogP contribution in [0.15, 0.2) is 35.8 Å². The first kappa shape index (κ1) is 18.7. The van der Waals surface area contributed by atoms with Gasteiger partial charge in [0.05, 0.1) is 13.1 Å². The maximum Gasteiger partial charge on any atom is 0.317 e. The first-order chi connectivity index (χ1) is 12.5. The van der Waals surface area contributed by atoms with Crippen LogP contribution in [0.2, 0.25) is 0 Å². The summed E-state index contributed by atoms with van der Waals surface area (Å²) >= 11 is 1.69. The SMILES string of the molecule is CN(CC(=O)O)C1CCCN(C(=O)c2cccn2Cc2cccs2)CC1. The van der Waals surface area contributed by atoms with Crippen molar-refractivity contribution in [3.05, 3.63) is 46.4 Å². The van der Waals surface area contributed by atoms with Crippen molar-refractivity contribution in [3.8, 4) is 0 Å². The average molecular weight is 375 g/mol. The number of rotatable bonds is 6. The Morgan fingerprint density at radius 1 is 1.27 bits per heavy atom. The molecule has 1 atom stereocenters. The molecule has 6 nitrogen and oxygen atoms in total. The van der Waals surface area contributed by atoms with Gasteiger partial charge in [-0.3, -0.25) is 14.5 Å². The quantitative estimate of drug-likeness (QED) is 0.843. The molecule has 1 N–H and O–H groups in total. The standard InChI is InChI=1S/C19H25N3O3S/c1-20(14-18(23)24)15-5-2-9-21(11-8-15)19(25)17-7-3-10-22(17)13-16-6-4-12-26-16/h3-4,6-7,10,12,15H,2,5,8-9,11,13-14H2,1H3,(H,23,24). The van der Waals surface area contributed by atoms with Gasteiger partial charge in [0.15, 0.2) is 0 Å². The molecule has 3 rings (SSSR count). The topological polar surface area (TPSA) is 65.8 Å². The number of carbonyl (C=O) groups is 2. The lowest BCUT2D eigenvalue weighted by molar-refractivity contribution is -0.138. The van der Waals surface area contributed by atoms with Gasteiger partial charge in [0, 0.05) is 30.2 Å². The number of thiophene rings is 1. The number of aliphatic carboxylic acids is 1. The largest absolute Gasteiger partial charge is 0.480 e. The second-order valence-electron chi connectivity index (χ2n) is 6.79. The van der Waals surface area contributed by atoms with Crippen molar-refractivity contribution in [3.63, 3.8) is 0 Å². The molecule has 7 heteroatoms. The Labute approximate surface area is 157 Å². The van der Waals surface area contributed by atoms with E-state index < -0.39 is 5.97 Å². The van der Waals surface area contributed by atoms with E-state index in [0.717, 1.165) is 31.5 Å². The number of hydrogen-bond donors (Lipinski definition) is 1. The summed E-state index contributed by atoms with van der Waals surface area (Å²) in [5.41, 5.74) is 0.718. The number of amides is 1. The van der Waals surface area contributed by atoms with E-state index in [-0.39, 0.29) is 18.5 Å². The predicted molar refractivity (Wildman–Crippen MR) is 102 cm³/mol. The fourth-order valence-corrected chi connectivity index (χ4v) is 4.25. The van der Waals surface area contributed by atoms with Crippen LogP contribution in [0.5, 0.6) is 0 Å². The molecule has 2 aromatic rings. The minimum atomic E-state index is -0.809. The summed E-state index contributed by atoms with van der Waals surface area (Å²) in [4.78, 5) is 29.0. The van der Waals surface area contributed by atoms with Crippen LogP contribution in [-0.4, -0.2) is 64.1 Å². The molecule has 0 aromatic carbocycles. The van der Waals surface area contributed by atoms with Gasteiger partial charge in [-0.1, -0.05) is 6.07 Å². The van der Waals surface area contributed by atoms with Crippen molar-refractivity contribution in [1.29, 1.82) is 0 Å². The first-order valence-electron chi connectivity index (χ1n) is 8.93. The lowest BCUT2D eigenvalue weighted by Gasteiger charge is -2.25. The number of carbonyl (C=O) groups excluding carboxylic acids is 1. The van der Waals surface area contributed by atoms with Crippen molar-refractivity contribution < 1.29 is 14.7 Å². The summed E-state index contributed by atoms with van der Waals surface area (Å²) in [7, 11) is 1.85. The Kier molecular flexibility index (Phi) is 6.11. The summed E-state index contributed by atoms with van der Waals surface area (Å²) in [5.74, 6) is -0.746. The molecular weight excluding hydrogens is 350 g/mol. The van der Waals surface area contributed by atoms with E-state index in [1.165, 1.54) is 4.88 Å². The number of likely N-dealkylation sites (tertiary alicyclic amines) is 1. The molecule has 0 saturated carbocycles. The highest BCUT2D eigenvalue weighted by Gasteiger charge is 2.25. The van der Waals surface area contributed by atoms with Gasteiger partial charge in [-0.15, -0.1) is 11.3 Å². The molecule has 1 saturated heterocycles. The molecule has 2 aromatic heterocycles. The fraction of sp³-hybridized carbons (Fsp3) is 0.474. The van der Waals surface area contributed by atoms with Crippen molar-refractivity contribution in [1.82, 2.24) is 14.4 Å². The van der Waals surface area contributed by atoms with Gasteiger partial charge in [-0.05, 0) is 49.9 Å². The molecule has 3 heterocycles. The lowest BCUT2D eigenvalue weighted by Crippen LogP contribution is -2.37. The van der Waals surface area contributed by atoms with Gasteiger partial charge in [0.25, 0.3) is 5.91 Å². The Hall–Kier alpha value is -2.12. The molecule has 26 heavy (non-hydrogen) atoms. The lowest BCUT2D eigenvalue weighted by atomic mass is 10.1. The van der Waals surface area contributed by atoms with Crippen molar-refractivity contribution >= 4 is 23.2 Å². The monoisotopic (exact) mass is 375 g/mol. The highest BCUT2D eigenvalue weighted by Crippen LogP contribution is 2.19. The van der Waals surface area contributed by atoms with E-state index >= 15 is 0 Å². The van der Waals surface area contributed by atoms with Crippen molar-refractivity contribution in [2.75, 3.05) is 26.7 Å². The predicted octanol–water partition coefficient (Wildman–Crippen LogP) is 2.61. The number of hydrogen-bond acceptors (Lipinski definition) is 4. The zero-order valence-electron chi connectivity index (χ0n) is 15.0. The number of carboxylic acid groups (broad SMARTS) is 1. The minimum Gasteiger partial charge on any atom is -0.480 e. The second kappa shape index (κ2) is 8.51. The molecule has 1 amide bonds. The van der Waals surface area contributed by atoms with E-state index in [9.17, 15) is 9.59 Å². The molecule has 0 bridgehead atoms. The van der Waals surface area contributed by atoms with E-state index in [1.54, 1.807) is 11.3 Å². The Morgan fingerprint density at radius 2 is 2.12 bits per heavy atom. The Morgan fingerprint density at radius 3 is 2.85 bits per heavy atom. The smallest absolute Gasteiger partial charge is 0.317 e. The fourth-order valence-electron chi connectivity index (χ4n) is 3.54. The number of nitrogens with zero attached hydrogens (tertiary/aromatic N) is 3. The highest BCUT2D eigenvalue weighted by molar-refractivity contribution is 7.09. The summed E-state index contributed by atoms with van der Waals surface area (Å²) in [6.45, 7) is 2.14. The maximum atomic E-state index is 13.0. The normalized spacial score (nSPS) is 18.1. The van der Waals surface area contributed by atoms with Crippen molar-refractivity contribution in [2.45, 2.75) is 31.8 Å². The summed E-state index contributed by atoms with van der Waals surface area (Å²) in [5, 5.41) is 11.0. The van der Waals surface area contributed by atoms with Crippen LogP contribution in [0.25, 0.3) is 0 Å². The van der Waals surface area contributed by atoms with E-state index in [4.69, 9.17) is 5.11 Å². The van der Waals surface area contributed by atoms with Gasteiger partial charge in [-0.25, -0.2) is 0 Å². The number of likely N-dealkylation sites (N-methyl/N-ethyl adjacent to an activating group) is 1. The summed E-state index contributed by atoms with van der Waals surface area (Å²) in [6, 6.07) is 8.11. The van der Waals surface area contributed by atoms with E-state index in [2.05, 4.69) is 6.07 Å². The Balaban J connectivity index is 1.64. The first-order valence-corrected chi connectivity index (χ1v) is 9.81. The molecule has 0 aliphatic carbocycles. The van der Waals surface area contributed by atoms with Crippen LogP contribution in [-0.2, 0) is 11.3 Å². The second-order valence-corrected chi connectivity index (χ2v) is 7.82. The summed E-state index contributed by atoms with van der Waals surface area (Å²) in [6.07, 6.45) is 4.57. The summed E-state index contributed by atoms with van der Waals surface area (Å²) < 4.78 is 2.01. The van der Waals surface area contributed by atoms with Gasteiger partial charge < -0.3 is 14.6 Å². The Bertz CT molecular complexity index is 741. The minimum absolute atomic E-state index is 0.0439. The van der Waals surface area contributed by atoms with Gasteiger partial charge >= 0.3 is 5.97 Å². The van der Waals surface area contributed by atoms with Crippen LogP contribution in [0.3, 0.4) is 0 Å². The van der Waals surface area contributed by atoms with Crippen LogP contribution >= 0.6 is 11.3 Å². The number of aromatic nitrogens is 1. The van der Waals surface area contributed by atoms with Crippen LogP contribution < -0.4 is 0 Å². The molecule has 0 spiro atoms. The highest BCUT2D eigenvalue weighted by atomic mass is 32.1. The van der Waals surface area contributed by atoms with Crippen LogP contribution in [0.4, 0.5) is 0 Å². The third-order valence-corrected chi connectivity index (χ3v) is 5.81. The third kappa shape index (κ3) is 4.53. The molecule has 0 radical (unpaired) electrons. The van der Waals surface area contributed by atoms with Crippen LogP contribution in [0, 0.1) is 0 Å². The van der Waals surface area contributed by atoms with Crippen LogP contribution in [0.1, 0.15) is 34.6 Å². The van der Waals surface area contributed by atoms with Crippen molar-refractivity contribution in [2.24, 2.45) is 0 Å². The van der Waals surface area contributed by atoms with E-state index in [0.29, 0.717) is 13.1 Å². The van der Waals surface area contributed by atoms with Gasteiger partial charge in [0.1, 0.15) is 5.69 Å². The van der Waals surface area contributed by atoms with E-state index in [1.807, 2.05) is 51.2 Å². The molecular formula is C19H25N3O3S. The molecule has 1 unspecified atom stereocenters. The molecule has 1 aliphatic heterocycles. The molecule has 1 aliphatic rings. The number of carboxylic acids is 1. The molecule has 140 valence electrons. The average Bonchev–Trinajstić information content (AvgIpc) is 3.21. The zero-order valence-corrected chi connectivity index (χ0v) is 15.8. The maximum absolute atomic E-state index is 13.0. The van der Waals surface area contributed by atoms with Gasteiger partial charge in [-0.2, -0.15) is 0 Å². The molecule has 1 fully saturated rings. The zero-order chi connectivity index (χ0) is 18.5. The van der Waals surface area contributed by atoms with Gasteiger partial charge in [0.2, 0.25) is 0 Å².